The van der Waals surface area contributed by atoms with Gasteiger partial charge in [-0.1, -0.05) is 62.7 Å². The number of benzene rings is 2. The first-order valence-corrected chi connectivity index (χ1v) is 8.30. The van der Waals surface area contributed by atoms with Crippen molar-refractivity contribution in [3.63, 3.8) is 0 Å². The van der Waals surface area contributed by atoms with Gasteiger partial charge in [-0.05, 0) is 41.2 Å². The Kier molecular flexibility index (Phi) is 5.55. The highest BCUT2D eigenvalue weighted by Gasteiger charge is 2.24. The predicted octanol–water partition coefficient (Wildman–Crippen LogP) is 5.02. The largest absolute Gasteiger partial charge is 0.478 e. The van der Waals surface area contributed by atoms with E-state index in [1.165, 1.54) is 0 Å². The molecule has 0 heterocycles. The van der Waals surface area contributed by atoms with Crippen molar-refractivity contribution in [2.75, 3.05) is 0 Å². The van der Waals surface area contributed by atoms with Crippen LogP contribution in [-0.4, -0.2) is 17.2 Å². The second kappa shape index (κ2) is 7.27. The van der Waals surface area contributed by atoms with Gasteiger partial charge in [0.1, 0.15) is 5.75 Å². The Hall–Kier alpha value is -2.00. The van der Waals surface area contributed by atoms with Crippen LogP contribution in [0.25, 0.3) is 0 Å². The van der Waals surface area contributed by atoms with Crippen molar-refractivity contribution in [1.82, 2.24) is 0 Å². The lowest BCUT2D eigenvalue weighted by atomic mass is 9.86. The van der Waals surface area contributed by atoms with Gasteiger partial charge in [0.15, 0.2) is 6.10 Å². The standard InChI is InChI=1S/C20H23ClO3/c1-13-9-10-14(11-16(13)21)12-18(19(22)23)24-17-8-6-5-7-15(17)20(2,3)4/h5-11,18H,12H2,1-4H3,(H,22,23)/t18-/m1/s1. The van der Waals surface area contributed by atoms with Crippen molar-refractivity contribution in [2.24, 2.45) is 0 Å². The molecule has 0 bridgehead atoms. The van der Waals surface area contributed by atoms with E-state index in [1.807, 2.05) is 43.3 Å². The molecule has 0 radical (unpaired) electrons. The molecule has 4 heteroatoms. The van der Waals surface area contributed by atoms with Gasteiger partial charge in [-0.3, -0.25) is 0 Å². The highest BCUT2D eigenvalue weighted by Crippen LogP contribution is 2.32. The number of hydrogen-bond donors (Lipinski definition) is 1. The van der Waals surface area contributed by atoms with Gasteiger partial charge < -0.3 is 9.84 Å². The first-order valence-electron chi connectivity index (χ1n) is 7.92. The number of ether oxygens (including phenoxy) is 1. The fourth-order valence-corrected chi connectivity index (χ4v) is 2.70. The van der Waals surface area contributed by atoms with Gasteiger partial charge >= 0.3 is 5.97 Å². The van der Waals surface area contributed by atoms with Gasteiger partial charge in [0.25, 0.3) is 0 Å². The molecule has 1 N–H and O–H groups in total. The van der Waals surface area contributed by atoms with Crippen molar-refractivity contribution in [2.45, 2.75) is 45.6 Å². The molecule has 0 spiro atoms. The summed E-state index contributed by atoms with van der Waals surface area (Å²) in [7, 11) is 0. The summed E-state index contributed by atoms with van der Waals surface area (Å²) in [6.07, 6.45) is -0.708. The summed E-state index contributed by atoms with van der Waals surface area (Å²) in [5, 5.41) is 10.2. The molecule has 0 unspecified atom stereocenters. The number of carbonyl (C=O) groups is 1. The zero-order chi connectivity index (χ0) is 17.9. The molecular formula is C20H23ClO3. The molecule has 2 aromatic carbocycles. The minimum atomic E-state index is -0.990. The van der Waals surface area contributed by atoms with E-state index in [-0.39, 0.29) is 11.8 Å². The molecule has 24 heavy (non-hydrogen) atoms. The molecule has 0 fully saturated rings. The van der Waals surface area contributed by atoms with E-state index in [9.17, 15) is 9.90 Å². The Labute approximate surface area is 148 Å². The normalized spacial score (nSPS) is 12.7. The first kappa shape index (κ1) is 18.3. The fraction of sp³-hybridized carbons (Fsp3) is 0.350. The third-order valence-corrected chi connectivity index (χ3v) is 4.30. The molecule has 0 saturated carbocycles. The third kappa shape index (κ3) is 4.51. The molecular weight excluding hydrogens is 324 g/mol. The van der Waals surface area contributed by atoms with Gasteiger partial charge in [0.05, 0.1) is 0 Å². The van der Waals surface area contributed by atoms with E-state index in [0.717, 1.165) is 16.7 Å². The monoisotopic (exact) mass is 346 g/mol. The molecule has 3 nitrogen and oxygen atoms in total. The number of halogens is 1. The number of aryl methyl sites for hydroxylation is 1. The molecule has 0 aliphatic heterocycles. The Morgan fingerprint density at radius 3 is 2.46 bits per heavy atom. The number of rotatable bonds is 5. The van der Waals surface area contributed by atoms with Crippen LogP contribution in [-0.2, 0) is 16.6 Å². The van der Waals surface area contributed by atoms with Crippen LogP contribution in [0, 0.1) is 6.92 Å². The first-order chi connectivity index (χ1) is 11.2. The van der Waals surface area contributed by atoms with E-state index < -0.39 is 12.1 Å². The number of aliphatic carboxylic acids is 1. The molecule has 2 aromatic rings. The van der Waals surface area contributed by atoms with Crippen molar-refractivity contribution < 1.29 is 14.6 Å². The van der Waals surface area contributed by atoms with Crippen molar-refractivity contribution in [1.29, 1.82) is 0 Å². The van der Waals surface area contributed by atoms with E-state index in [1.54, 1.807) is 6.07 Å². The topological polar surface area (TPSA) is 46.5 Å². The lowest BCUT2D eigenvalue weighted by molar-refractivity contribution is -0.145. The van der Waals surface area contributed by atoms with Crippen LogP contribution in [0.4, 0.5) is 0 Å². The summed E-state index contributed by atoms with van der Waals surface area (Å²) in [5.41, 5.74) is 2.66. The SMILES string of the molecule is Cc1ccc(C[C@@H](Oc2ccccc2C(C)(C)C)C(=O)O)cc1Cl. The molecule has 2 rings (SSSR count). The molecule has 0 aliphatic carbocycles. The van der Waals surface area contributed by atoms with Crippen LogP contribution in [0.5, 0.6) is 5.75 Å². The number of para-hydroxylation sites is 1. The lowest BCUT2D eigenvalue weighted by Gasteiger charge is -2.25. The minimum Gasteiger partial charge on any atom is -0.478 e. The number of carboxylic acid groups (broad SMARTS) is 1. The zero-order valence-corrected chi connectivity index (χ0v) is 15.2. The minimum absolute atomic E-state index is 0.132. The molecule has 1 atom stereocenters. The average molecular weight is 347 g/mol. The summed E-state index contributed by atoms with van der Waals surface area (Å²) in [4.78, 5) is 11.7. The highest BCUT2D eigenvalue weighted by molar-refractivity contribution is 6.31. The molecule has 0 aliphatic rings. The van der Waals surface area contributed by atoms with E-state index in [2.05, 4.69) is 20.8 Å². The molecule has 128 valence electrons. The Morgan fingerprint density at radius 1 is 1.21 bits per heavy atom. The van der Waals surface area contributed by atoms with Crippen LogP contribution in [0.1, 0.15) is 37.5 Å². The maximum Gasteiger partial charge on any atom is 0.345 e. The van der Waals surface area contributed by atoms with Crippen molar-refractivity contribution in [3.05, 3.63) is 64.2 Å². The van der Waals surface area contributed by atoms with Crippen molar-refractivity contribution >= 4 is 17.6 Å². The van der Waals surface area contributed by atoms with Gasteiger partial charge in [0, 0.05) is 11.4 Å². The van der Waals surface area contributed by atoms with Crippen LogP contribution < -0.4 is 4.74 Å². The van der Waals surface area contributed by atoms with Gasteiger partial charge in [-0.15, -0.1) is 0 Å². The molecule has 0 saturated heterocycles. The van der Waals surface area contributed by atoms with Gasteiger partial charge in [-0.2, -0.15) is 0 Å². The average Bonchev–Trinajstić information content (AvgIpc) is 2.49. The van der Waals surface area contributed by atoms with Gasteiger partial charge in [-0.25, -0.2) is 4.79 Å². The predicted molar refractivity (Wildman–Crippen MR) is 97.1 cm³/mol. The van der Waals surface area contributed by atoms with Crippen LogP contribution in [0.15, 0.2) is 42.5 Å². The quantitative estimate of drug-likeness (QED) is 0.826. The number of hydrogen-bond acceptors (Lipinski definition) is 2. The second-order valence-electron chi connectivity index (χ2n) is 6.98. The Balaban J connectivity index is 2.27. The Morgan fingerprint density at radius 2 is 1.88 bits per heavy atom. The maximum absolute atomic E-state index is 11.7. The summed E-state index contributed by atoms with van der Waals surface area (Å²) < 4.78 is 5.86. The zero-order valence-electron chi connectivity index (χ0n) is 14.5. The number of carboxylic acids is 1. The van der Waals surface area contributed by atoms with E-state index in [0.29, 0.717) is 10.8 Å². The fourth-order valence-electron chi connectivity index (χ4n) is 2.50. The van der Waals surface area contributed by atoms with Crippen LogP contribution in [0.2, 0.25) is 5.02 Å². The Bertz CT molecular complexity index is 732. The second-order valence-corrected chi connectivity index (χ2v) is 7.39. The summed E-state index contributed by atoms with van der Waals surface area (Å²) in [6.45, 7) is 8.14. The summed E-state index contributed by atoms with van der Waals surface area (Å²) in [5.74, 6) is -0.383. The molecule has 0 aromatic heterocycles. The summed E-state index contributed by atoms with van der Waals surface area (Å²) >= 11 is 6.13. The maximum atomic E-state index is 11.7. The van der Waals surface area contributed by atoms with Gasteiger partial charge in [0.2, 0.25) is 0 Å². The summed E-state index contributed by atoms with van der Waals surface area (Å²) in [6, 6.07) is 13.1. The third-order valence-electron chi connectivity index (χ3n) is 3.90. The van der Waals surface area contributed by atoms with E-state index in [4.69, 9.17) is 16.3 Å². The van der Waals surface area contributed by atoms with Crippen LogP contribution >= 0.6 is 11.6 Å². The highest BCUT2D eigenvalue weighted by atomic mass is 35.5. The molecule has 0 amide bonds. The smallest absolute Gasteiger partial charge is 0.345 e. The van der Waals surface area contributed by atoms with Crippen LogP contribution in [0.3, 0.4) is 0 Å². The van der Waals surface area contributed by atoms with Crippen molar-refractivity contribution in [3.8, 4) is 5.75 Å². The lowest BCUT2D eigenvalue weighted by Crippen LogP contribution is -2.30. The van der Waals surface area contributed by atoms with E-state index >= 15 is 0 Å².